The van der Waals surface area contributed by atoms with Crippen LogP contribution in [0.4, 0.5) is 22.0 Å². The molecule has 72 valence electrons. The molecule has 0 heterocycles. The molecule has 0 aromatic carbocycles. The van der Waals surface area contributed by atoms with E-state index in [1.807, 2.05) is 0 Å². The molecular formula is C6H7F5O. The van der Waals surface area contributed by atoms with Gasteiger partial charge < -0.3 is 5.11 Å². The molecule has 0 spiro atoms. The Bertz CT molecular complexity index is 160. The summed E-state index contributed by atoms with van der Waals surface area (Å²) in [5, 5.41) is 8.05. The first-order chi connectivity index (χ1) is 5.31. The third kappa shape index (κ3) is 3.17. The molecule has 12 heavy (non-hydrogen) atoms. The lowest BCUT2D eigenvalue weighted by Gasteiger charge is -2.17. The Morgan fingerprint density at radius 1 is 1.00 bits per heavy atom. The Morgan fingerprint density at radius 2 is 1.50 bits per heavy atom. The fraction of sp³-hybridized carbons (Fsp3) is 0.667. The fourth-order valence-electron chi connectivity index (χ4n) is 0.422. The van der Waals surface area contributed by atoms with Crippen LogP contribution in [-0.4, -0.2) is 23.8 Å². The minimum atomic E-state index is -5.52. The topological polar surface area (TPSA) is 20.2 Å². The van der Waals surface area contributed by atoms with Gasteiger partial charge in [-0.25, -0.2) is 0 Å². The Morgan fingerprint density at radius 3 is 1.83 bits per heavy atom. The third-order valence-electron chi connectivity index (χ3n) is 1.06. The van der Waals surface area contributed by atoms with Crippen LogP contribution in [0.2, 0.25) is 0 Å². The zero-order valence-electron chi connectivity index (χ0n) is 5.91. The second-order valence-corrected chi connectivity index (χ2v) is 2.06. The van der Waals surface area contributed by atoms with E-state index in [9.17, 15) is 22.0 Å². The largest absolute Gasteiger partial charge is 0.453 e. The summed E-state index contributed by atoms with van der Waals surface area (Å²) >= 11 is 0. The van der Waals surface area contributed by atoms with Crippen molar-refractivity contribution in [1.82, 2.24) is 0 Å². The van der Waals surface area contributed by atoms with E-state index < -0.39 is 25.1 Å². The minimum Gasteiger partial charge on any atom is -0.392 e. The number of halogens is 5. The maximum Gasteiger partial charge on any atom is 0.453 e. The first-order valence-corrected chi connectivity index (χ1v) is 3.01. The number of allylic oxidation sites excluding steroid dienone is 1. The predicted molar refractivity (Wildman–Crippen MR) is 31.8 cm³/mol. The summed E-state index contributed by atoms with van der Waals surface area (Å²) in [4.78, 5) is 0. The van der Waals surface area contributed by atoms with Gasteiger partial charge in [0.15, 0.2) is 0 Å². The molecule has 0 atom stereocenters. The molecule has 0 aromatic heterocycles. The molecule has 0 aromatic rings. The number of aliphatic hydroxyl groups excluding tert-OH is 1. The highest BCUT2D eigenvalue weighted by Gasteiger charge is 2.56. The van der Waals surface area contributed by atoms with Gasteiger partial charge in [0.25, 0.3) is 0 Å². The molecule has 6 heteroatoms. The van der Waals surface area contributed by atoms with Gasteiger partial charge in [0.1, 0.15) is 0 Å². The van der Waals surface area contributed by atoms with Crippen molar-refractivity contribution in [2.45, 2.75) is 18.5 Å². The van der Waals surface area contributed by atoms with Gasteiger partial charge >= 0.3 is 12.1 Å². The van der Waals surface area contributed by atoms with E-state index in [2.05, 4.69) is 0 Å². The van der Waals surface area contributed by atoms with Crippen LogP contribution in [0, 0.1) is 0 Å². The van der Waals surface area contributed by atoms with Gasteiger partial charge in [0.05, 0.1) is 6.61 Å². The number of rotatable bonds is 3. The van der Waals surface area contributed by atoms with E-state index in [1.165, 1.54) is 0 Å². The predicted octanol–water partition coefficient (Wildman–Crippen LogP) is 2.12. The SMILES string of the molecule is OC/C=C/CC(F)(F)C(F)(F)F. The smallest absolute Gasteiger partial charge is 0.392 e. The van der Waals surface area contributed by atoms with Gasteiger partial charge in [-0.15, -0.1) is 0 Å². The molecular weight excluding hydrogens is 183 g/mol. The van der Waals surface area contributed by atoms with Crippen LogP contribution in [0.15, 0.2) is 12.2 Å². The average Bonchev–Trinajstić information content (AvgIpc) is 1.85. The Kier molecular flexibility index (Phi) is 3.63. The zero-order valence-corrected chi connectivity index (χ0v) is 5.91. The summed E-state index contributed by atoms with van der Waals surface area (Å²) in [6, 6.07) is 0. The van der Waals surface area contributed by atoms with Crippen molar-refractivity contribution < 1.29 is 27.1 Å². The molecule has 1 N–H and O–H groups in total. The monoisotopic (exact) mass is 190 g/mol. The molecule has 0 saturated heterocycles. The minimum absolute atomic E-state index is 0.548. The van der Waals surface area contributed by atoms with E-state index in [4.69, 9.17) is 5.11 Å². The molecule has 0 saturated carbocycles. The van der Waals surface area contributed by atoms with E-state index >= 15 is 0 Å². The third-order valence-corrected chi connectivity index (χ3v) is 1.06. The van der Waals surface area contributed by atoms with Crippen LogP contribution in [0.3, 0.4) is 0 Å². The zero-order chi connectivity index (χ0) is 9.83. The quantitative estimate of drug-likeness (QED) is 0.533. The van der Waals surface area contributed by atoms with Crippen LogP contribution >= 0.6 is 0 Å². The lowest BCUT2D eigenvalue weighted by Crippen LogP contribution is -2.35. The Labute approximate surface area is 65.5 Å². The standard InChI is InChI=1S/C6H7F5O/c7-5(8,6(9,10)11)3-1-2-4-12/h1-2,12H,3-4H2/b2-1+. The van der Waals surface area contributed by atoms with E-state index in [-0.39, 0.29) is 0 Å². The highest BCUT2D eigenvalue weighted by molar-refractivity contribution is 4.89. The molecule has 0 rings (SSSR count). The summed E-state index contributed by atoms with van der Waals surface area (Å²) < 4.78 is 58.2. The molecule has 0 amide bonds. The number of hydrogen-bond acceptors (Lipinski definition) is 1. The Balaban J connectivity index is 4.14. The number of aliphatic hydroxyl groups is 1. The maximum absolute atomic E-state index is 12.0. The lowest BCUT2D eigenvalue weighted by atomic mass is 10.2. The van der Waals surface area contributed by atoms with Crippen molar-refractivity contribution in [1.29, 1.82) is 0 Å². The molecule has 0 unspecified atom stereocenters. The van der Waals surface area contributed by atoms with Crippen molar-refractivity contribution in [2.24, 2.45) is 0 Å². The summed E-state index contributed by atoms with van der Waals surface area (Å²) in [5.74, 6) is -4.71. The van der Waals surface area contributed by atoms with Crippen molar-refractivity contribution >= 4 is 0 Å². The van der Waals surface area contributed by atoms with Crippen molar-refractivity contribution in [2.75, 3.05) is 6.61 Å². The summed E-state index contributed by atoms with van der Waals surface area (Å²) in [7, 11) is 0. The first kappa shape index (κ1) is 11.4. The number of alkyl halides is 5. The van der Waals surface area contributed by atoms with E-state index in [0.29, 0.717) is 6.08 Å². The summed E-state index contributed by atoms with van der Waals surface area (Å²) in [6.07, 6.45) is -5.53. The summed E-state index contributed by atoms with van der Waals surface area (Å²) in [6.45, 7) is -0.548. The van der Waals surface area contributed by atoms with Crippen LogP contribution in [0.1, 0.15) is 6.42 Å². The van der Waals surface area contributed by atoms with E-state index in [0.717, 1.165) is 6.08 Å². The van der Waals surface area contributed by atoms with Gasteiger partial charge in [-0.1, -0.05) is 12.2 Å². The number of hydrogen-bond donors (Lipinski definition) is 1. The molecule has 0 aliphatic carbocycles. The van der Waals surface area contributed by atoms with Gasteiger partial charge in [-0.05, 0) is 0 Å². The molecule has 0 bridgehead atoms. The summed E-state index contributed by atoms with van der Waals surface area (Å²) in [5.41, 5.74) is 0. The van der Waals surface area contributed by atoms with Crippen LogP contribution < -0.4 is 0 Å². The van der Waals surface area contributed by atoms with Crippen molar-refractivity contribution in [3.8, 4) is 0 Å². The van der Waals surface area contributed by atoms with Crippen LogP contribution in [0.25, 0.3) is 0 Å². The van der Waals surface area contributed by atoms with Gasteiger partial charge in [-0.3, -0.25) is 0 Å². The normalized spacial score (nSPS) is 14.2. The average molecular weight is 190 g/mol. The second kappa shape index (κ2) is 3.84. The highest BCUT2D eigenvalue weighted by atomic mass is 19.4. The maximum atomic E-state index is 12.0. The van der Waals surface area contributed by atoms with Gasteiger partial charge in [-0.2, -0.15) is 22.0 Å². The lowest BCUT2D eigenvalue weighted by molar-refractivity contribution is -0.280. The first-order valence-electron chi connectivity index (χ1n) is 3.01. The molecule has 0 fully saturated rings. The molecule has 0 aliphatic rings. The van der Waals surface area contributed by atoms with Crippen molar-refractivity contribution in [3.63, 3.8) is 0 Å². The van der Waals surface area contributed by atoms with Gasteiger partial charge in [0.2, 0.25) is 0 Å². The molecule has 0 aliphatic heterocycles. The molecule has 0 radical (unpaired) electrons. The van der Waals surface area contributed by atoms with Crippen LogP contribution in [-0.2, 0) is 0 Å². The fourth-order valence-corrected chi connectivity index (χ4v) is 0.422. The molecule has 1 nitrogen and oxygen atoms in total. The van der Waals surface area contributed by atoms with Crippen molar-refractivity contribution in [3.05, 3.63) is 12.2 Å². The second-order valence-electron chi connectivity index (χ2n) is 2.06. The Hall–Kier alpha value is -0.650. The highest BCUT2D eigenvalue weighted by Crippen LogP contribution is 2.38. The van der Waals surface area contributed by atoms with Crippen LogP contribution in [0.5, 0.6) is 0 Å². The van der Waals surface area contributed by atoms with Gasteiger partial charge in [0, 0.05) is 6.42 Å². The van der Waals surface area contributed by atoms with E-state index in [1.54, 1.807) is 0 Å².